The highest BCUT2D eigenvalue weighted by atomic mass is 79.9. The van der Waals surface area contributed by atoms with E-state index >= 15 is 0 Å². The molecule has 0 atom stereocenters. The Hall–Kier alpha value is 16.0. The number of halogens is 1. The SMILES string of the molecule is Cc1ccc2c(ccn3cc(Br)nc23)c1.S=S=S=S=S=S=S=S=S=S=S=S=S=S=S=S=S=S=S=S=S=S=S=S=S=S=S=S=S=S=S=S=S=S=S=S=S=S=S=S=S=S=S=S=S=S=S=S=S=S=S=S=S=S=S=S=S=S=S=S=S=S=S=S=S=S=S=S=S=S=S=S=S=S=S=S=S=S=S. The van der Waals surface area contributed by atoms with Crippen LogP contribution in [0.1, 0.15) is 5.56 Å². The summed E-state index contributed by atoms with van der Waals surface area (Å²) < 4.78 is 2.90. The van der Waals surface area contributed by atoms with Gasteiger partial charge in [0.05, 0.1) is 0 Å². The highest BCUT2D eigenvalue weighted by Crippen LogP contribution is 2.22. The second-order valence-electron chi connectivity index (χ2n) is 8.94. The zero-order chi connectivity index (χ0) is 66.9. The molecule has 1 aromatic carbocycles. The number of aryl methyl sites for hydroxylation is 1. The number of hydrogen-bond donors (Lipinski definition) is 0. The van der Waals surface area contributed by atoms with E-state index < -0.39 is 0 Å². The topological polar surface area (TPSA) is 17.3 Å². The molecule has 0 aliphatic rings. The average Bonchev–Trinajstić information content (AvgIpc) is 1.62. The fourth-order valence-corrected chi connectivity index (χ4v) is 209. The van der Waals surface area contributed by atoms with E-state index in [2.05, 4.69) is 52.1 Å². The van der Waals surface area contributed by atoms with Crippen molar-refractivity contribution in [1.82, 2.24) is 9.38 Å². The fourth-order valence-electron chi connectivity index (χ4n) is 2.71. The molecule has 0 fully saturated rings. The minimum Gasteiger partial charge on any atom is -0.305 e. The molecule has 0 saturated heterocycles. The van der Waals surface area contributed by atoms with Crippen LogP contribution in [0, 0.1) is 6.92 Å². The molecule has 0 aliphatic carbocycles. The Labute approximate surface area is 778 Å². The number of imidazole rings is 1. The molecule has 2 aromatic heterocycles. The van der Waals surface area contributed by atoms with Gasteiger partial charge in [-0.2, -0.15) is 0 Å². The van der Waals surface area contributed by atoms with Gasteiger partial charge >= 0.3 is 0 Å². The van der Waals surface area contributed by atoms with Crippen LogP contribution in [0.5, 0.6) is 0 Å². The Bertz CT molecular complexity index is 6850. The molecule has 548 valence electrons. The van der Waals surface area contributed by atoms with E-state index in [0.29, 0.717) is 0 Å². The van der Waals surface area contributed by atoms with Gasteiger partial charge in [-0.25, -0.2) is 4.98 Å². The van der Waals surface area contributed by atoms with E-state index in [1.807, 2.05) is 576 Å². The summed E-state index contributed by atoms with van der Waals surface area (Å²) in [4.78, 5) is 4.45. The van der Waals surface area contributed by atoms with Gasteiger partial charge in [-0.15, -0.1) is 0 Å². The van der Waals surface area contributed by atoms with Gasteiger partial charge in [0.1, 0.15) is 10.3 Å². The average molecular weight is 2790 g/mol. The van der Waals surface area contributed by atoms with Gasteiger partial charge in [0.2, 0.25) is 0 Å². The maximum absolute atomic E-state index is 4.83. The molecular weight excluding hydrogens is 2790 g/mol. The number of hydrogen-bond acceptors (Lipinski definition) is 3. The summed E-state index contributed by atoms with van der Waals surface area (Å²) in [5, 5.41) is 2.43. The zero-order valence-corrected chi connectivity index (χ0v) is 107. The van der Waals surface area contributed by atoms with Crippen molar-refractivity contribution in [2.45, 2.75) is 6.92 Å². The minimum absolute atomic E-state index is 0.871. The second-order valence-corrected chi connectivity index (χ2v) is 146. The lowest BCUT2D eigenvalue weighted by molar-refractivity contribution is 1.20. The van der Waals surface area contributed by atoms with Gasteiger partial charge in [-0.1, -0.05) is 23.8 Å². The highest BCUT2D eigenvalue weighted by Gasteiger charge is 2.03. The molecule has 82 heteroatoms. The van der Waals surface area contributed by atoms with E-state index in [1.165, 1.54) is 34.1 Å². The Balaban J connectivity index is 0.00000171. The molecule has 0 amide bonds. The number of fused-ring (bicyclic) bond motifs is 3. The van der Waals surface area contributed by atoms with Gasteiger partial charge in [0, 0.05) is 724 Å². The van der Waals surface area contributed by atoms with Gasteiger partial charge in [0.25, 0.3) is 0 Å². The van der Waals surface area contributed by atoms with Crippen molar-refractivity contribution in [3.63, 3.8) is 0 Å². The first-order valence-electron chi connectivity index (χ1n) is 17.8. The van der Waals surface area contributed by atoms with E-state index in [-0.39, 0.29) is 0 Å². The standard InChI is InChI=1S/C12H9BrN2.S79/c1-8-2-3-10-9(6-8)4-5-15-7-11(13)14-12(10)15;1-3-5-7-9-11-13-15-17-19-21-23-25-27-29-31-33-35-37-39-41-43-45-47-49-51-53-55-57-59-61-63-65-67-69-71-73-75-77-79-78-76-74-72-70-68-66-64-62-60-58-56-54-52-50-48-46-44-42-40-38-36-34-32-30-28-26-24-22-20-18-16-14-12-10-8-6-4-2/h2-7H,1H3;. The predicted molar refractivity (Wildman–Crippen MR) is 647 cm³/mol. The van der Waals surface area contributed by atoms with Gasteiger partial charge < -0.3 is 4.40 Å². The summed E-state index contributed by atoms with van der Waals surface area (Å²) in [5.74, 6) is 0. The van der Waals surface area contributed by atoms with Gasteiger partial charge in [-0.3, -0.25) is 0 Å². The zero-order valence-electron chi connectivity index (χ0n) is 40.5. The van der Waals surface area contributed by atoms with Crippen LogP contribution in [-0.4, -0.2) is 9.38 Å². The van der Waals surface area contributed by atoms with E-state index in [4.69, 9.17) is 22.4 Å². The first-order chi connectivity index (χ1) is 46.7. The summed E-state index contributed by atoms with van der Waals surface area (Å²) >= 11 is 13.0. The molecule has 0 aliphatic heterocycles. The molecule has 3 aromatic rings. The Kier molecular flexibility index (Phi) is 103. The molecule has 2 heterocycles. The molecule has 0 bridgehead atoms. The summed E-state index contributed by atoms with van der Waals surface area (Å²) in [6.45, 7) is 2.10. The number of rotatable bonds is 0. The van der Waals surface area contributed by atoms with Crippen molar-refractivity contribution in [2.75, 3.05) is 0 Å². The largest absolute Gasteiger partial charge is 0.305 e. The van der Waals surface area contributed by atoms with Crippen molar-refractivity contribution in [1.29, 1.82) is 0 Å². The first-order valence-corrected chi connectivity index (χ1v) is 123. The molecule has 0 radical (unpaired) electrons. The summed E-state index contributed by atoms with van der Waals surface area (Å²) in [5.41, 5.74) is 2.27. The Morgan fingerprint density at radius 3 is 0.596 bits per heavy atom. The molecule has 94 heavy (non-hydrogen) atoms. The smallest absolute Gasteiger partial charge is 0.145 e. The van der Waals surface area contributed by atoms with E-state index in [1.54, 1.807) is 107 Å². The van der Waals surface area contributed by atoms with Crippen LogP contribution in [0.25, 0.3) is 16.4 Å². The second kappa shape index (κ2) is 91.3. The molecule has 0 spiro atoms. The van der Waals surface area contributed by atoms with Crippen LogP contribution in [0.4, 0.5) is 0 Å². The predicted octanol–water partition coefficient (Wildman–Crippen LogP) is 3.37. The van der Waals surface area contributed by atoms with Crippen molar-refractivity contribution in [3.8, 4) is 0 Å². The van der Waals surface area contributed by atoms with Crippen LogP contribution in [0.3, 0.4) is 0 Å². The van der Waals surface area contributed by atoms with Crippen molar-refractivity contribution < 1.29 is 0 Å². The third-order valence-corrected chi connectivity index (χ3v) is 174. The monoisotopic (exact) mass is 2790 g/mol. The normalized spacial score (nSPS) is 8.40. The van der Waals surface area contributed by atoms with Gasteiger partial charge in [0.15, 0.2) is 0 Å². The number of benzene rings is 1. The van der Waals surface area contributed by atoms with Crippen LogP contribution in [-0.2, 0) is 706 Å². The number of nitrogens with zero attached hydrogens (tertiary/aromatic N) is 2. The quantitative estimate of drug-likeness (QED) is 0.345. The Morgan fingerprint density at radius 1 is 0.255 bits per heavy atom. The van der Waals surface area contributed by atoms with Crippen molar-refractivity contribution in [3.05, 3.63) is 46.8 Å². The van der Waals surface area contributed by atoms with Crippen LogP contribution >= 0.6 is 15.9 Å². The summed E-state index contributed by atoms with van der Waals surface area (Å²) in [6.07, 6.45) is 4.00. The van der Waals surface area contributed by atoms with Crippen LogP contribution in [0.15, 0.2) is 41.3 Å². The third kappa shape index (κ3) is 77.9. The first kappa shape index (κ1) is 106. The summed E-state index contributed by atoms with van der Waals surface area (Å²) in [6, 6.07) is 8.53. The Morgan fingerprint density at radius 2 is 0.426 bits per heavy atom. The maximum atomic E-state index is 4.83. The molecule has 2 nitrogen and oxygen atoms in total. The lowest BCUT2D eigenvalue weighted by Gasteiger charge is -2.01. The minimum atomic E-state index is 0.871. The molecule has 0 unspecified atom stereocenters. The molecule has 0 N–H and O–H groups in total. The maximum Gasteiger partial charge on any atom is 0.145 e. The van der Waals surface area contributed by atoms with Crippen molar-refractivity contribution >= 4 is 739 Å². The van der Waals surface area contributed by atoms with Crippen LogP contribution in [0.2, 0.25) is 0 Å². The molecule has 3 rings (SSSR count). The number of aromatic nitrogens is 2. The van der Waals surface area contributed by atoms with E-state index in [0.717, 1.165) is 10.3 Å². The number of pyridine rings is 1. The van der Waals surface area contributed by atoms with Crippen LogP contribution < -0.4 is 0 Å². The fraction of sp³-hybridized carbons (Fsp3) is 0.0833. The van der Waals surface area contributed by atoms with Gasteiger partial charge in [-0.05, 0) is 34.3 Å². The molecular formula is C12H9BrN2S79. The van der Waals surface area contributed by atoms with E-state index in [9.17, 15) is 0 Å². The third-order valence-electron chi connectivity index (χ3n) is 4.68. The lowest BCUT2D eigenvalue weighted by atomic mass is 10.1. The highest BCUT2D eigenvalue weighted by molar-refractivity contribution is 9.10. The molecule has 0 saturated carbocycles. The summed E-state index contributed by atoms with van der Waals surface area (Å²) in [7, 11) is 139. The lowest BCUT2D eigenvalue weighted by Crippen LogP contribution is -1.84. The van der Waals surface area contributed by atoms with Crippen molar-refractivity contribution in [2.24, 2.45) is 0 Å².